The summed E-state index contributed by atoms with van der Waals surface area (Å²) in [4.78, 5) is 0. The van der Waals surface area contributed by atoms with Gasteiger partial charge in [0.25, 0.3) is 0 Å². The first-order valence-electron chi connectivity index (χ1n) is 7.94. The van der Waals surface area contributed by atoms with E-state index >= 15 is 0 Å². The largest absolute Gasteiger partial charge is 0.416 e. The minimum atomic E-state index is -4.46. The molecule has 1 aliphatic heterocycles. The molecule has 6 heteroatoms. The molecule has 2 aliphatic rings. The second kappa shape index (κ2) is 5.77. The minimum Gasteiger partial charge on any atom is -0.376 e. The molecule has 2 aromatic rings. The molecule has 0 saturated carbocycles. The first-order chi connectivity index (χ1) is 11.9. The number of halogens is 5. The summed E-state index contributed by atoms with van der Waals surface area (Å²) in [6.07, 6.45) is -0.132. The first kappa shape index (κ1) is 16.5. The smallest absolute Gasteiger partial charge is 0.376 e. The second-order valence-electron chi connectivity index (χ2n) is 6.41. The van der Waals surface area contributed by atoms with Gasteiger partial charge >= 0.3 is 6.18 Å². The highest BCUT2D eigenvalue weighted by molar-refractivity contribution is 6.33. The molecule has 0 fully saturated rings. The third-order valence-corrected chi connectivity index (χ3v) is 5.30. The van der Waals surface area contributed by atoms with Gasteiger partial charge in [0.05, 0.1) is 22.3 Å². The normalized spacial score (nSPS) is 24.6. The summed E-state index contributed by atoms with van der Waals surface area (Å²) in [7, 11) is 0. The molecule has 0 bridgehead atoms. The molecule has 1 aliphatic carbocycles. The number of allylic oxidation sites excluding steroid dienone is 2. The molecule has 4 rings (SSSR count). The number of nitrogens with one attached hydrogen (secondary N) is 1. The molecule has 1 N–H and O–H groups in total. The van der Waals surface area contributed by atoms with E-state index in [2.05, 4.69) is 5.32 Å². The van der Waals surface area contributed by atoms with Crippen LogP contribution >= 0.6 is 11.6 Å². The van der Waals surface area contributed by atoms with Crippen LogP contribution in [-0.2, 0) is 6.18 Å². The van der Waals surface area contributed by atoms with Crippen molar-refractivity contribution in [3.8, 4) is 0 Å². The maximum Gasteiger partial charge on any atom is 0.416 e. The van der Waals surface area contributed by atoms with Crippen LogP contribution in [0.25, 0.3) is 0 Å². The lowest BCUT2D eigenvalue weighted by molar-refractivity contribution is -0.138. The average Bonchev–Trinajstić information content (AvgIpc) is 3.03. The van der Waals surface area contributed by atoms with Crippen LogP contribution in [0.4, 0.5) is 23.2 Å². The molecule has 25 heavy (non-hydrogen) atoms. The number of fused-ring (bicyclic) bond motifs is 3. The number of hydrogen-bond acceptors (Lipinski definition) is 1. The summed E-state index contributed by atoms with van der Waals surface area (Å²) in [5, 5.41) is 3.39. The highest BCUT2D eigenvalue weighted by atomic mass is 35.5. The molecule has 0 radical (unpaired) electrons. The lowest BCUT2D eigenvalue weighted by Gasteiger charge is -2.39. The Balaban J connectivity index is 1.88. The van der Waals surface area contributed by atoms with Gasteiger partial charge < -0.3 is 5.32 Å². The van der Waals surface area contributed by atoms with E-state index < -0.39 is 17.7 Å². The number of benzene rings is 2. The van der Waals surface area contributed by atoms with Crippen LogP contribution in [0, 0.1) is 11.7 Å². The fourth-order valence-corrected chi connectivity index (χ4v) is 4.17. The quantitative estimate of drug-likeness (QED) is 0.459. The van der Waals surface area contributed by atoms with Crippen LogP contribution in [0.15, 0.2) is 48.6 Å². The van der Waals surface area contributed by atoms with Gasteiger partial charge in [0.1, 0.15) is 5.82 Å². The number of hydrogen-bond donors (Lipinski definition) is 1. The van der Waals surface area contributed by atoms with Crippen molar-refractivity contribution in [3.63, 3.8) is 0 Å². The van der Waals surface area contributed by atoms with Crippen LogP contribution in [0.5, 0.6) is 0 Å². The van der Waals surface area contributed by atoms with Gasteiger partial charge in [-0.15, -0.1) is 0 Å². The van der Waals surface area contributed by atoms with Gasteiger partial charge in [-0.3, -0.25) is 0 Å². The molecule has 130 valence electrons. The Morgan fingerprint density at radius 2 is 1.92 bits per heavy atom. The van der Waals surface area contributed by atoms with Crippen LogP contribution in [0.2, 0.25) is 5.02 Å². The molecular formula is C19H14ClF4N. The molecule has 0 unspecified atom stereocenters. The van der Waals surface area contributed by atoms with Gasteiger partial charge in [-0.2, -0.15) is 13.2 Å². The van der Waals surface area contributed by atoms with Crippen molar-refractivity contribution in [2.45, 2.75) is 24.6 Å². The zero-order chi connectivity index (χ0) is 17.8. The van der Waals surface area contributed by atoms with E-state index in [0.717, 1.165) is 6.07 Å². The first-order valence-corrected chi connectivity index (χ1v) is 8.32. The predicted molar refractivity (Wildman–Crippen MR) is 89.2 cm³/mol. The zero-order valence-electron chi connectivity index (χ0n) is 12.9. The van der Waals surface area contributed by atoms with E-state index in [1.807, 2.05) is 12.2 Å². The molecule has 3 atom stereocenters. The molecule has 2 aromatic carbocycles. The van der Waals surface area contributed by atoms with Crippen molar-refractivity contribution in [1.82, 2.24) is 0 Å². The lowest BCUT2D eigenvalue weighted by atomic mass is 9.75. The van der Waals surface area contributed by atoms with Crippen molar-refractivity contribution >= 4 is 17.3 Å². The highest BCUT2D eigenvalue weighted by Crippen LogP contribution is 2.54. The van der Waals surface area contributed by atoms with Crippen molar-refractivity contribution in [2.75, 3.05) is 5.32 Å². The van der Waals surface area contributed by atoms with E-state index in [1.54, 1.807) is 12.1 Å². The average molecular weight is 368 g/mol. The van der Waals surface area contributed by atoms with Crippen molar-refractivity contribution in [2.24, 2.45) is 5.92 Å². The van der Waals surface area contributed by atoms with Gasteiger partial charge in [-0.25, -0.2) is 4.39 Å². The third-order valence-electron chi connectivity index (χ3n) is 4.98. The van der Waals surface area contributed by atoms with E-state index in [-0.39, 0.29) is 28.4 Å². The van der Waals surface area contributed by atoms with Crippen molar-refractivity contribution in [3.05, 3.63) is 76.1 Å². The van der Waals surface area contributed by atoms with Crippen molar-refractivity contribution < 1.29 is 17.6 Å². The summed E-state index contributed by atoms with van der Waals surface area (Å²) < 4.78 is 54.1. The molecule has 1 heterocycles. The van der Waals surface area contributed by atoms with Gasteiger partial charge in [-0.05, 0) is 47.7 Å². The molecule has 0 saturated heterocycles. The predicted octanol–water partition coefficient (Wildman–Crippen LogP) is 6.32. The fraction of sp³-hybridized carbons (Fsp3) is 0.263. The molecule has 0 amide bonds. The van der Waals surface area contributed by atoms with Crippen LogP contribution in [0.1, 0.15) is 35.1 Å². The molecular weight excluding hydrogens is 354 g/mol. The van der Waals surface area contributed by atoms with Gasteiger partial charge in [0, 0.05) is 5.92 Å². The van der Waals surface area contributed by atoms with Gasteiger partial charge in [0.15, 0.2) is 0 Å². The Kier molecular flexibility index (Phi) is 3.80. The Bertz CT molecular complexity index is 859. The molecule has 0 aromatic heterocycles. The number of rotatable bonds is 1. The Morgan fingerprint density at radius 1 is 1.12 bits per heavy atom. The van der Waals surface area contributed by atoms with Crippen molar-refractivity contribution in [1.29, 1.82) is 0 Å². The number of anilines is 1. The SMILES string of the molecule is Fc1cccc([C@@H]2Nc3c(Cl)ccc(C(F)(F)F)c3[C@@H]3C=CC[C@@H]32)c1. The minimum absolute atomic E-state index is 0.117. The maximum atomic E-state index is 13.6. The second-order valence-corrected chi connectivity index (χ2v) is 6.82. The van der Waals surface area contributed by atoms with E-state index in [1.165, 1.54) is 18.2 Å². The van der Waals surface area contributed by atoms with E-state index in [0.29, 0.717) is 17.7 Å². The summed E-state index contributed by atoms with van der Waals surface area (Å²) >= 11 is 6.21. The van der Waals surface area contributed by atoms with E-state index in [4.69, 9.17) is 11.6 Å². The summed E-state index contributed by atoms with van der Waals surface area (Å²) in [5.41, 5.74) is 0.515. The lowest BCUT2D eigenvalue weighted by Crippen LogP contribution is -2.31. The zero-order valence-corrected chi connectivity index (χ0v) is 13.7. The highest BCUT2D eigenvalue weighted by Gasteiger charge is 2.44. The monoisotopic (exact) mass is 367 g/mol. The standard InChI is InChI=1S/C19H14ClF4N/c20-15-8-7-14(19(22,23)24)16-12-5-2-6-13(12)17(25-18(15)16)10-3-1-4-11(21)9-10/h1-5,7-9,12-13,17,25H,6H2/t12-,13+,17+/m1/s1. The van der Waals surface area contributed by atoms with Gasteiger partial charge in [-0.1, -0.05) is 35.9 Å². The fourth-order valence-electron chi connectivity index (χ4n) is 3.95. The molecule has 0 spiro atoms. The molecule has 1 nitrogen and oxygen atoms in total. The Hall–Kier alpha value is -2.01. The third kappa shape index (κ3) is 2.71. The topological polar surface area (TPSA) is 12.0 Å². The van der Waals surface area contributed by atoms with Crippen LogP contribution in [-0.4, -0.2) is 0 Å². The number of alkyl halides is 3. The summed E-state index contributed by atoms with van der Waals surface area (Å²) in [6.45, 7) is 0. The Morgan fingerprint density at radius 3 is 2.64 bits per heavy atom. The Labute approximate surface area is 147 Å². The summed E-state index contributed by atoms with van der Waals surface area (Å²) in [5.74, 6) is -0.892. The summed E-state index contributed by atoms with van der Waals surface area (Å²) in [6, 6.07) is 8.14. The van der Waals surface area contributed by atoms with Gasteiger partial charge in [0.2, 0.25) is 0 Å². The van der Waals surface area contributed by atoms with Crippen LogP contribution < -0.4 is 5.32 Å². The van der Waals surface area contributed by atoms with E-state index in [9.17, 15) is 17.6 Å². The van der Waals surface area contributed by atoms with Crippen LogP contribution in [0.3, 0.4) is 0 Å². The maximum absolute atomic E-state index is 13.6.